The number of rotatable bonds is 3. The van der Waals surface area contributed by atoms with Gasteiger partial charge < -0.3 is 4.57 Å². The number of hydrogen-bond donors (Lipinski definition) is 0. The van der Waals surface area contributed by atoms with Gasteiger partial charge in [-0.2, -0.15) is 0 Å². The summed E-state index contributed by atoms with van der Waals surface area (Å²) in [5.74, 6) is -0.147. The Morgan fingerprint density at radius 3 is 2.53 bits per heavy atom. The molecular formula is C11H7Cl3N2O. The molecular weight excluding hydrogens is 282 g/mol. The Morgan fingerprint density at radius 1 is 1.18 bits per heavy atom. The summed E-state index contributed by atoms with van der Waals surface area (Å²) >= 11 is 17.6. The molecule has 1 heterocycles. The second-order valence-electron chi connectivity index (χ2n) is 3.40. The molecule has 2 rings (SSSR count). The van der Waals surface area contributed by atoms with Crippen molar-refractivity contribution in [2.24, 2.45) is 0 Å². The molecule has 0 aliphatic rings. The third-order valence-electron chi connectivity index (χ3n) is 2.20. The van der Waals surface area contributed by atoms with Crippen molar-refractivity contribution < 1.29 is 4.79 Å². The summed E-state index contributed by atoms with van der Waals surface area (Å²) in [7, 11) is 0. The molecule has 17 heavy (non-hydrogen) atoms. The van der Waals surface area contributed by atoms with Crippen molar-refractivity contribution in [3.63, 3.8) is 0 Å². The van der Waals surface area contributed by atoms with E-state index in [1.54, 1.807) is 23.3 Å². The van der Waals surface area contributed by atoms with Gasteiger partial charge in [-0.25, -0.2) is 4.98 Å². The van der Waals surface area contributed by atoms with Gasteiger partial charge in [-0.05, 0) is 12.1 Å². The number of Topliss-reactive ketones (excluding diaryl/α,β-unsaturated/α-hetero) is 1. The number of halogens is 3. The molecule has 0 aliphatic heterocycles. The van der Waals surface area contributed by atoms with Crippen molar-refractivity contribution in [1.29, 1.82) is 0 Å². The van der Waals surface area contributed by atoms with Crippen molar-refractivity contribution in [2.45, 2.75) is 6.54 Å². The van der Waals surface area contributed by atoms with Crippen LogP contribution in [0.4, 0.5) is 0 Å². The summed E-state index contributed by atoms with van der Waals surface area (Å²) < 4.78 is 1.65. The van der Waals surface area contributed by atoms with Gasteiger partial charge in [0.25, 0.3) is 0 Å². The summed E-state index contributed by atoms with van der Waals surface area (Å²) in [5, 5.41) is 0.936. The first kappa shape index (κ1) is 12.4. The molecule has 0 saturated heterocycles. The van der Waals surface area contributed by atoms with Crippen LogP contribution in [0.2, 0.25) is 15.1 Å². The van der Waals surface area contributed by atoms with Crippen LogP contribution in [-0.2, 0) is 6.54 Å². The maximum absolute atomic E-state index is 12.0. The van der Waals surface area contributed by atoms with Gasteiger partial charge in [-0.15, -0.1) is 0 Å². The molecule has 0 spiro atoms. The highest BCUT2D eigenvalue weighted by molar-refractivity contribution is 6.44. The Hall–Kier alpha value is -1.03. The van der Waals surface area contributed by atoms with Gasteiger partial charge >= 0.3 is 0 Å². The van der Waals surface area contributed by atoms with Crippen LogP contribution >= 0.6 is 34.8 Å². The highest BCUT2D eigenvalue weighted by Gasteiger charge is 2.13. The number of hydrogen-bond acceptors (Lipinski definition) is 2. The van der Waals surface area contributed by atoms with Gasteiger partial charge in [0, 0.05) is 18.0 Å². The van der Waals surface area contributed by atoms with E-state index in [2.05, 4.69) is 4.98 Å². The molecule has 0 fully saturated rings. The predicted octanol–water partition coefficient (Wildman–Crippen LogP) is 3.73. The maximum atomic E-state index is 12.0. The molecule has 1 aromatic heterocycles. The molecule has 0 unspecified atom stereocenters. The highest BCUT2D eigenvalue weighted by atomic mass is 35.5. The number of aromatic nitrogens is 2. The first-order chi connectivity index (χ1) is 8.08. The lowest BCUT2D eigenvalue weighted by Crippen LogP contribution is -2.09. The topological polar surface area (TPSA) is 34.9 Å². The van der Waals surface area contributed by atoms with E-state index >= 15 is 0 Å². The van der Waals surface area contributed by atoms with Crippen LogP contribution in [0.3, 0.4) is 0 Å². The van der Waals surface area contributed by atoms with Crippen LogP contribution in [0.5, 0.6) is 0 Å². The summed E-state index contributed by atoms with van der Waals surface area (Å²) in [4.78, 5) is 15.8. The molecule has 0 amide bonds. The third-order valence-corrected chi connectivity index (χ3v) is 3.23. The minimum atomic E-state index is -0.147. The van der Waals surface area contributed by atoms with E-state index in [0.29, 0.717) is 20.6 Å². The standard InChI is InChI=1S/C11H7Cl3N2O/c12-8-4-10(14)9(13)3-7(8)11(17)5-16-2-1-15-6-16/h1-4,6H,5H2. The molecule has 6 heteroatoms. The number of ketones is 1. The summed E-state index contributed by atoms with van der Waals surface area (Å²) in [6.07, 6.45) is 4.86. The number of nitrogens with zero attached hydrogens (tertiary/aromatic N) is 2. The average Bonchev–Trinajstić information content (AvgIpc) is 2.76. The van der Waals surface area contributed by atoms with Gasteiger partial charge in [0.2, 0.25) is 0 Å². The zero-order valence-electron chi connectivity index (χ0n) is 8.53. The summed E-state index contributed by atoms with van der Waals surface area (Å²) in [5.41, 5.74) is 0.356. The van der Waals surface area contributed by atoms with Gasteiger partial charge in [-0.1, -0.05) is 34.8 Å². The van der Waals surface area contributed by atoms with Crippen LogP contribution in [0.15, 0.2) is 30.9 Å². The lowest BCUT2D eigenvalue weighted by atomic mass is 10.1. The zero-order chi connectivity index (χ0) is 12.4. The van der Waals surface area contributed by atoms with Crippen molar-refractivity contribution in [3.05, 3.63) is 51.5 Å². The molecule has 0 N–H and O–H groups in total. The normalized spacial score (nSPS) is 10.5. The van der Waals surface area contributed by atoms with Crippen LogP contribution in [0.25, 0.3) is 0 Å². The monoisotopic (exact) mass is 288 g/mol. The molecule has 0 radical (unpaired) electrons. The maximum Gasteiger partial charge on any atom is 0.184 e. The fourth-order valence-corrected chi connectivity index (χ4v) is 2.02. The van der Waals surface area contributed by atoms with E-state index in [-0.39, 0.29) is 12.3 Å². The van der Waals surface area contributed by atoms with Gasteiger partial charge in [0.15, 0.2) is 5.78 Å². The van der Waals surface area contributed by atoms with E-state index in [4.69, 9.17) is 34.8 Å². The Labute approximate surface area is 113 Å². The van der Waals surface area contributed by atoms with E-state index in [1.165, 1.54) is 12.1 Å². The fraction of sp³-hybridized carbons (Fsp3) is 0.0909. The molecule has 0 aliphatic carbocycles. The van der Waals surface area contributed by atoms with Crippen LogP contribution in [0, 0.1) is 0 Å². The molecule has 0 bridgehead atoms. The molecule has 3 nitrogen and oxygen atoms in total. The molecule has 0 atom stereocenters. The predicted molar refractivity (Wildman–Crippen MR) is 68.0 cm³/mol. The number of carbonyl (C=O) groups is 1. The highest BCUT2D eigenvalue weighted by Crippen LogP contribution is 2.29. The van der Waals surface area contributed by atoms with Crippen molar-refractivity contribution >= 4 is 40.6 Å². The lowest BCUT2D eigenvalue weighted by Gasteiger charge is -2.06. The molecule has 1 aromatic carbocycles. The minimum absolute atomic E-state index is 0.147. The van der Waals surface area contributed by atoms with Crippen molar-refractivity contribution in [2.75, 3.05) is 0 Å². The Balaban J connectivity index is 2.28. The Bertz CT molecular complexity index is 552. The quantitative estimate of drug-likeness (QED) is 0.637. The van der Waals surface area contributed by atoms with Crippen molar-refractivity contribution in [3.8, 4) is 0 Å². The Morgan fingerprint density at radius 2 is 1.88 bits per heavy atom. The first-order valence-corrected chi connectivity index (χ1v) is 5.85. The molecule has 2 aromatic rings. The van der Waals surface area contributed by atoms with E-state index < -0.39 is 0 Å². The second-order valence-corrected chi connectivity index (χ2v) is 4.63. The Kier molecular flexibility index (Phi) is 3.72. The van der Waals surface area contributed by atoms with E-state index in [1.807, 2.05) is 0 Å². The van der Waals surface area contributed by atoms with E-state index in [0.717, 1.165) is 0 Å². The summed E-state index contributed by atoms with van der Waals surface area (Å²) in [6, 6.07) is 2.94. The van der Waals surface area contributed by atoms with Gasteiger partial charge in [0.1, 0.15) is 0 Å². The minimum Gasteiger partial charge on any atom is -0.330 e. The van der Waals surface area contributed by atoms with Gasteiger partial charge in [0.05, 0.1) is 27.9 Å². The number of benzene rings is 1. The first-order valence-electron chi connectivity index (χ1n) is 4.71. The largest absolute Gasteiger partial charge is 0.330 e. The average molecular weight is 290 g/mol. The molecule has 0 saturated carbocycles. The van der Waals surface area contributed by atoms with Crippen LogP contribution in [-0.4, -0.2) is 15.3 Å². The lowest BCUT2D eigenvalue weighted by molar-refractivity contribution is 0.0972. The number of carbonyl (C=O) groups excluding carboxylic acids is 1. The van der Waals surface area contributed by atoms with E-state index in [9.17, 15) is 4.79 Å². The summed E-state index contributed by atoms with van der Waals surface area (Å²) in [6.45, 7) is 0.164. The fourth-order valence-electron chi connectivity index (χ4n) is 1.37. The third kappa shape index (κ3) is 2.80. The van der Waals surface area contributed by atoms with Crippen LogP contribution in [0.1, 0.15) is 10.4 Å². The smallest absolute Gasteiger partial charge is 0.184 e. The number of imidazole rings is 1. The SMILES string of the molecule is O=C(Cn1ccnc1)c1cc(Cl)c(Cl)cc1Cl. The second kappa shape index (κ2) is 5.08. The zero-order valence-corrected chi connectivity index (χ0v) is 10.8. The van der Waals surface area contributed by atoms with Crippen LogP contribution < -0.4 is 0 Å². The molecule has 88 valence electrons. The van der Waals surface area contributed by atoms with Crippen molar-refractivity contribution in [1.82, 2.24) is 9.55 Å². The van der Waals surface area contributed by atoms with Gasteiger partial charge in [-0.3, -0.25) is 4.79 Å².